The van der Waals surface area contributed by atoms with Crippen molar-refractivity contribution in [2.75, 3.05) is 30.3 Å². The molecule has 0 heterocycles. The van der Waals surface area contributed by atoms with E-state index < -0.39 is 0 Å². The lowest BCUT2D eigenvalue weighted by molar-refractivity contribution is -0.114. The van der Waals surface area contributed by atoms with Gasteiger partial charge in [0.25, 0.3) is 11.8 Å². The van der Waals surface area contributed by atoms with Crippen molar-refractivity contribution >= 4 is 29.1 Å². The van der Waals surface area contributed by atoms with Gasteiger partial charge in [-0.2, -0.15) is 0 Å². The summed E-state index contributed by atoms with van der Waals surface area (Å²) < 4.78 is 0. The molecule has 3 aromatic carbocycles. The summed E-state index contributed by atoms with van der Waals surface area (Å²) in [4.78, 5) is 38.9. The van der Waals surface area contributed by atoms with E-state index in [0.29, 0.717) is 42.1 Å². The minimum Gasteiger partial charge on any atom is -0.376 e. The van der Waals surface area contributed by atoms with Crippen LogP contribution >= 0.6 is 0 Å². The molecule has 0 unspecified atom stereocenters. The second-order valence-corrected chi connectivity index (χ2v) is 7.71. The number of rotatable bonds is 10. The van der Waals surface area contributed by atoms with E-state index in [1.54, 1.807) is 53.4 Å². The molecule has 0 radical (unpaired) electrons. The molecule has 0 aliphatic heterocycles. The fraction of sp³-hybridized carbons (Fsp3) is 0.222. The molecule has 0 saturated heterocycles. The molecule has 3 rings (SSSR count). The Kier molecular flexibility index (Phi) is 8.80. The first-order valence-electron chi connectivity index (χ1n) is 11.4. The molecule has 0 saturated carbocycles. The molecule has 0 atom stereocenters. The van der Waals surface area contributed by atoms with Gasteiger partial charge in [-0.15, -0.1) is 0 Å². The lowest BCUT2D eigenvalue weighted by atomic mass is 10.1. The zero-order valence-corrected chi connectivity index (χ0v) is 19.5. The summed E-state index contributed by atoms with van der Waals surface area (Å²) in [7, 11) is 0. The van der Waals surface area contributed by atoms with Crippen LogP contribution < -0.4 is 16.0 Å². The Balaban J connectivity index is 1.50. The van der Waals surface area contributed by atoms with E-state index in [9.17, 15) is 14.4 Å². The van der Waals surface area contributed by atoms with Crippen molar-refractivity contribution in [3.05, 3.63) is 95.6 Å². The van der Waals surface area contributed by atoms with Gasteiger partial charge in [0, 0.05) is 42.1 Å². The highest BCUT2D eigenvalue weighted by molar-refractivity contribution is 5.97. The third kappa shape index (κ3) is 6.93. The largest absolute Gasteiger partial charge is 0.376 e. The molecule has 0 fully saturated rings. The Morgan fingerprint density at radius 1 is 0.765 bits per heavy atom. The highest BCUT2D eigenvalue weighted by Crippen LogP contribution is 2.13. The van der Waals surface area contributed by atoms with Gasteiger partial charge in [0.15, 0.2) is 0 Å². The second kappa shape index (κ2) is 12.2. The minimum atomic E-state index is -0.234. The summed E-state index contributed by atoms with van der Waals surface area (Å²) in [6.07, 6.45) is 0. The maximum Gasteiger partial charge on any atom is 0.253 e. The monoisotopic (exact) mass is 458 g/mol. The molecule has 3 amide bonds. The van der Waals surface area contributed by atoms with Crippen LogP contribution in [0.15, 0.2) is 78.9 Å². The molecule has 0 bridgehead atoms. The smallest absolute Gasteiger partial charge is 0.253 e. The SMILES string of the molecule is CCN(CC)C(=O)c1ccc(NC(=O)CNc2cccc(C(=O)NCc3ccccc3)c2)cc1. The number of anilines is 2. The van der Waals surface area contributed by atoms with Crippen LogP contribution in [0.1, 0.15) is 40.1 Å². The summed E-state index contributed by atoms with van der Waals surface area (Å²) in [6, 6.07) is 23.5. The molecular weight excluding hydrogens is 428 g/mol. The van der Waals surface area contributed by atoms with Gasteiger partial charge >= 0.3 is 0 Å². The minimum absolute atomic E-state index is 0.0303. The highest BCUT2D eigenvalue weighted by Gasteiger charge is 2.12. The lowest BCUT2D eigenvalue weighted by Crippen LogP contribution is -2.30. The second-order valence-electron chi connectivity index (χ2n) is 7.71. The quantitative estimate of drug-likeness (QED) is 0.426. The van der Waals surface area contributed by atoms with Gasteiger partial charge in [0.05, 0.1) is 6.54 Å². The molecule has 7 nitrogen and oxygen atoms in total. The first-order chi connectivity index (χ1) is 16.5. The van der Waals surface area contributed by atoms with Crippen LogP contribution in [0.5, 0.6) is 0 Å². The number of nitrogens with one attached hydrogen (secondary N) is 3. The molecule has 3 N–H and O–H groups in total. The predicted octanol–water partition coefficient (Wildman–Crippen LogP) is 4.15. The summed E-state index contributed by atoms with van der Waals surface area (Å²) in [5.74, 6) is -0.449. The van der Waals surface area contributed by atoms with Crippen molar-refractivity contribution in [2.24, 2.45) is 0 Å². The summed E-state index contributed by atoms with van der Waals surface area (Å²) in [5.41, 5.74) is 3.39. The maximum atomic E-state index is 12.5. The van der Waals surface area contributed by atoms with Crippen LogP contribution in [-0.2, 0) is 11.3 Å². The number of nitrogens with zero attached hydrogens (tertiary/aromatic N) is 1. The van der Waals surface area contributed by atoms with E-state index in [4.69, 9.17) is 0 Å². The van der Waals surface area contributed by atoms with Crippen molar-refractivity contribution in [1.82, 2.24) is 10.2 Å². The normalized spacial score (nSPS) is 10.3. The van der Waals surface area contributed by atoms with Crippen LogP contribution in [0, 0.1) is 0 Å². The van der Waals surface area contributed by atoms with Crippen molar-refractivity contribution < 1.29 is 14.4 Å². The topological polar surface area (TPSA) is 90.5 Å². The van der Waals surface area contributed by atoms with E-state index in [1.165, 1.54) is 0 Å². The van der Waals surface area contributed by atoms with E-state index in [2.05, 4.69) is 16.0 Å². The third-order valence-electron chi connectivity index (χ3n) is 5.34. The Bertz CT molecular complexity index is 1110. The van der Waals surface area contributed by atoms with Crippen LogP contribution in [0.4, 0.5) is 11.4 Å². The zero-order chi connectivity index (χ0) is 24.3. The Morgan fingerprint density at radius 2 is 1.47 bits per heavy atom. The number of hydrogen-bond acceptors (Lipinski definition) is 4. The first-order valence-corrected chi connectivity index (χ1v) is 11.4. The number of hydrogen-bond donors (Lipinski definition) is 3. The third-order valence-corrected chi connectivity index (χ3v) is 5.34. The molecule has 0 aliphatic rings. The molecular formula is C27H30N4O3. The van der Waals surface area contributed by atoms with Gasteiger partial charge in [-0.1, -0.05) is 36.4 Å². The summed E-state index contributed by atoms with van der Waals surface area (Å²) >= 11 is 0. The van der Waals surface area contributed by atoms with Gasteiger partial charge < -0.3 is 20.9 Å². The number of benzene rings is 3. The van der Waals surface area contributed by atoms with Crippen molar-refractivity contribution in [3.63, 3.8) is 0 Å². The molecule has 34 heavy (non-hydrogen) atoms. The van der Waals surface area contributed by atoms with Crippen LogP contribution in [-0.4, -0.2) is 42.3 Å². The maximum absolute atomic E-state index is 12.5. The first kappa shape index (κ1) is 24.5. The average molecular weight is 459 g/mol. The lowest BCUT2D eigenvalue weighted by Gasteiger charge is -2.18. The van der Waals surface area contributed by atoms with E-state index in [-0.39, 0.29) is 24.3 Å². The van der Waals surface area contributed by atoms with Crippen molar-refractivity contribution in [1.29, 1.82) is 0 Å². The van der Waals surface area contributed by atoms with Crippen molar-refractivity contribution in [2.45, 2.75) is 20.4 Å². The number of carbonyl (C=O) groups excluding carboxylic acids is 3. The Morgan fingerprint density at radius 3 is 2.15 bits per heavy atom. The standard InChI is InChI=1S/C27H30N4O3/c1-3-31(4-2)27(34)21-13-15-23(16-14-21)30-25(32)19-28-24-12-8-11-22(17-24)26(33)29-18-20-9-6-5-7-10-20/h5-17,28H,3-4,18-19H2,1-2H3,(H,29,33)(H,30,32). The fourth-order valence-corrected chi connectivity index (χ4v) is 3.43. The number of carbonyl (C=O) groups is 3. The Hall–Kier alpha value is -4.13. The van der Waals surface area contributed by atoms with Crippen molar-refractivity contribution in [3.8, 4) is 0 Å². The van der Waals surface area contributed by atoms with Gasteiger partial charge in [-0.25, -0.2) is 0 Å². The van der Waals surface area contributed by atoms with Crippen LogP contribution in [0.3, 0.4) is 0 Å². The molecule has 0 spiro atoms. The van der Waals surface area contributed by atoms with Gasteiger partial charge in [0.1, 0.15) is 0 Å². The number of amides is 3. The molecule has 176 valence electrons. The van der Waals surface area contributed by atoms with E-state index >= 15 is 0 Å². The van der Waals surface area contributed by atoms with Crippen LogP contribution in [0.25, 0.3) is 0 Å². The predicted molar refractivity (Wildman–Crippen MR) is 135 cm³/mol. The summed E-state index contributed by atoms with van der Waals surface area (Å²) in [6.45, 7) is 5.66. The zero-order valence-electron chi connectivity index (χ0n) is 19.5. The highest BCUT2D eigenvalue weighted by atomic mass is 16.2. The fourth-order valence-electron chi connectivity index (χ4n) is 3.43. The summed E-state index contributed by atoms with van der Waals surface area (Å²) in [5, 5.41) is 8.74. The van der Waals surface area contributed by atoms with E-state index in [0.717, 1.165) is 5.56 Å². The molecule has 7 heteroatoms. The van der Waals surface area contributed by atoms with E-state index in [1.807, 2.05) is 44.2 Å². The molecule has 0 aliphatic carbocycles. The Labute approximate surface area is 200 Å². The van der Waals surface area contributed by atoms with Gasteiger partial charge in [-0.05, 0) is 61.9 Å². The van der Waals surface area contributed by atoms with Gasteiger partial charge in [-0.3, -0.25) is 14.4 Å². The van der Waals surface area contributed by atoms with Crippen LogP contribution in [0.2, 0.25) is 0 Å². The molecule has 3 aromatic rings. The van der Waals surface area contributed by atoms with Gasteiger partial charge in [0.2, 0.25) is 5.91 Å². The molecule has 0 aromatic heterocycles. The average Bonchev–Trinajstić information content (AvgIpc) is 2.88.